The summed E-state index contributed by atoms with van der Waals surface area (Å²) in [5.74, 6) is -0.157. The summed E-state index contributed by atoms with van der Waals surface area (Å²) in [5.41, 5.74) is 2.18. The number of benzene rings is 2. The molecule has 1 N–H and O–H groups in total. The second kappa shape index (κ2) is 7.64. The molecule has 2 aromatic rings. The van der Waals surface area contributed by atoms with Gasteiger partial charge in [0, 0.05) is 29.5 Å². The van der Waals surface area contributed by atoms with Gasteiger partial charge in [-0.25, -0.2) is 8.42 Å². The van der Waals surface area contributed by atoms with Crippen molar-refractivity contribution in [1.29, 1.82) is 0 Å². The van der Waals surface area contributed by atoms with Crippen molar-refractivity contribution in [2.45, 2.75) is 18.8 Å². The molecule has 2 aromatic carbocycles. The molecule has 1 saturated heterocycles. The number of anilines is 2. The number of ether oxygens (including phenoxy) is 1. The molecule has 0 radical (unpaired) electrons. The molecule has 25 heavy (non-hydrogen) atoms. The summed E-state index contributed by atoms with van der Waals surface area (Å²) in [6.07, 6.45) is 0.197. The molecule has 0 saturated carbocycles. The van der Waals surface area contributed by atoms with Gasteiger partial charge in [0.05, 0.1) is 18.5 Å². The highest BCUT2D eigenvalue weighted by Crippen LogP contribution is 2.23. The number of nitrogens with one attached hydrogen (secondary N) is 1. The van der Waals surface area contributed by atoms with Gasteiger partial charge in [-0.2, -0.15) is 0 Å². The van der Waals surface area contributed by atoms with Crippen LogP contribution in [0.2, 0.25) is 5.02 Å². The number of halogens is 1. The van der Waals surface area contributed by atoms with Gasteiger partial charge >= 0.3 is 0 Å². The van der Waals surface area contributed by atoms with E-state index in [0.717, 1.165) is 18.8 Å². The van der Waals surface area contributed by atoms with Crippen molar-refractivity contribution < 1.29 is 13.2 Å². The van der Waals surface area contributed by atoms with Gasteiger partial charge in [-0.15, -0.1) is 0 Å². The van der Waals surface area contributed by atoms with E-state index in [0.29, 0.717) is 22.9 Å². The standard InChI is InChI=1S/C18H21ClN2O3S/c1-14-12-21(10-11-24-14)17-8-6-16(7-9-17)20-25(22,23)13-15-4-2-3-5-18(15)19/h2-9,14,20H,10-13H2,1H3. The smallest absolute Gasteiger partial charge is 0.236 e. The number of hydrogen-bond donors (Lipinski definition) is 1. The monoisotopic (exact) mass is 380 g/mol. The first-order chi connectivity index (χ1) is 11.9. The summed E-state index contributed by atoms with van der Waals surface area (Å²) in [5, 5.41) is 0.449. The minimum atomic E-state index is -3.52. The van der Waals surface area contributed by atoms with Crippen molar-refractivity contribution in [3.63, 3.8) is 0 Å². The molecule has 3 rings (SSSR count). The molecular weight excluding hydrogens is 360 g/mol. The van der Waals surface area contributed by atoms with Crippen LogP contribution in [0.5, 0.6) is 0 Å². The largest absolute Gasteiger partial charge is 0.375 e. The van der Waals surface area contributed by atoms with E-state index >= 15 is 0 Å². The Labute approximate surface area is 153 Å². The van der Waals surface area contributed by atoms with Crippen molar-refractivity contribution in [2.24, 2.45) is 0 Å². The number of hydrogen-bond acceptors (Lipinski definition) is 4. The van der Waals surface area contributed by atoms with Crippen LogP contribution < -0.4 is 9.62 Å². The van der Waals surface area contributed by atoms with E-state index in [-0.39, 0.29) is 11.9 Å². The van der Waals surface area contributed by atoms with Crippen molar-refractivity contribution in [1.82, 2.24) is 0 Å². The minimum absolute atomic E-state index is 0.157. The van der Waals surface area contributed by atoms with Gasteiger partial charge < -0.3 is 9.64 Å². The van der Waals surface area contributed by atoms with Gasteiger partial charge in [0.1, 0.15) is 0 Å². The van der Waals surface area contributed by atoms with Crippen molar-refractivity contribution in [3.05, 3.63) is 59.1 Å². The first-order valence-corrected chi connectivity index (χ1v) is 10.2. The quantitative estimate of drug-likeness (QED) is 0.862. The van der Waals surface area contributed by atoms with Crippen LogP contribution in [-0.4, -0.2) is 34.2 Å². The first-order valence-electron chi connectivity index (χ1n) is 8.13. The lowest BCUT2D eigenvalue weighted by Crippen LogP contribution is -2.41. The Morgan fingerprint density at radius 1 is 1.20 bits per heavy atom. The third kappa shape index (κ3) is 4.87. The lowest BCUT2D eigenvalue weighted by molar-refractivity contribution is 0.0532. The van der Waals surface area contributed by atoms with E-state index in [2.05, 4.69) is 9.62 Å². The van der Waals surface area contributed by atoms with Gasteiger partial charge in [-0.05, 0) is 42.8 Å². The van der Waals surface area contributed by atoms with Crippen LogP contribution in [-0.2, 0) is 20.5 Å². The summed E-state index contributed by atoms with van der Waals surface area (Å²) in [7, 11) is -3.52. The fourth-order valence-corrected chi connectivity index (χ4v) is 4.34. The topological polar surface area (TPSA) is 58.6 Å². The van der Waals surface area contributed by atoms with Crippen LogP contribution in [0.25, 0.3) is 0 Å². The van der Waals surface area contributed by atoms with Crippen molar-refractivity contribution in [3.8, 4) is 0 Å². The average Bonchev–Trinajstić information content (AvgIpc) is 2.57. The third-order valence-corrected chi connectivity index (χ3v) is 5.66. The zero-order valence-corrected chi connectivity index (χ0v) is 15.6. The summed E-state index contributed by atoms with van der Waals surface area (Å²) >= 11 is 6.04. The van der Waals surface area contributed by atoms with Crippen LogP contribution in [0.15, 0.2) is 48.5 Å². The average molecular weight is 381 g/mol. The highest BCUT2D eigenvalue weighted by Gasteiger charge is 2.18. The molecule has 0 bridgehead atoms. The molecule has 0 aliphatic carbocycles. The molecule has 0 spiro atoms. The molecule has 1 heterocycles. The molecule has 1 fully saturated rings. The molecule has 1 atom stereocenters. The van der Waals surface area contributed by atoms with Crippen LogP contribution in [0.3, 0.4) is 0 Å². The Hall–Kier alpha value is -1.76. The van der Waals surface area contributed by atoms with Gasteiger partial charge in [0.25, 0.3) is 0 Å². The fraction of sp³-hybridized carbons (Fsp3) is 0.333. The van der Waals surface area contributed by atoms with Gasteiger partial charge in [-0.3, -0.25) is 4.72 Å². The number of morpholine rings is 1. The maximum atomic E-state index is 12.4. The highest BCUT2D eigenvalue weighted by molar-refractivity contribution is 7.91. The van der Waals surface area contributed by atoms with Crippen molar-refractivity contribution in [2.75, 3.05) is 29.3 Å². The molecular formula is C18H21ClN2O3S. The van der Waals surface area contributed by atoms with E-state index in [4.69, 9.17) is 16.3 Å². The molecule has 1 aliphatic heterocycles. The van der Waals surface area contributed by atoms with Crippen molar-refractivity contribution >= 4 is 33.0 Å². The van der Waals surface area contributed by atoms with E-state index < -0.39 is 10.0 Å². The van der Waals surface area contributed by atoms with Crippen LogP contribution in [0.1, 0.15) is 12.5 Å². The Morgan fingerprint density at radius 3 is 2.60 bits per heavy atom. The molecule has 7 heteroatoms. The summed E-state index contributed by atoms with van der Waals surface area (Å²) in [4.78, 5) is 2.23. The summed E-state index contributed by atoms with van der Waals surface area (Å²) in [6, 6.07) is 14.3. The Kier molecular flexibility index (Phi) is 5.51. The van der Waals surface area contributed by atoms with Crippen LogP contribution in [0, 0.1) is 0 Å². The third-order valence-electron chi connectivity index (χ3n) is 4.05. The van der Waals surface area contributed by atoms with Crippen LogP contribution in [0.4, 0.5) is 11.4 Å². The van der Waals surface area contributed by atoms with Gasteiger partial charge in [0.15, 0.2) is 0 Å². The zero-order valence-electron chi connectivity index (χ0n) is 14.0. The number of rotatable bonds is 5. The second-order valence-corrected chi connectivity index (χ2v) is 8.26. The highest BCUT2D eigenvalue weighted by atomic mass is 35.5. The van der Waals surface area contributed by atoms with E-state index in [1.165, 1.54) is 0 Å². The molecule has 1 unspecified atom stereocenters. The molecule has 134 valence electrons. The predicted octanol–water partition coefficient (Wildman–Crippen LogP) is 3.51. The Bertz CT molecular complexity index is 824. The maximum absolute atomic E-state index is 12.4. The molecule has 1 aliphatic rings. The normalized spacial score (nSPS) is 18.2. The second-order valence-electron chi connectivity index (χ2n) is 6.13. The minimum Gasteiger partial charge on any atom is -0.375 e. The molecule has 0 aromatic heterocycles. The first kappa shape index (κ1) is 18.0. The zero-order chi connectivity index (χ0) is 17.9. The fourth-order valence-electron chi connectivity index (χ4n) is 2.83. The lowest BCUT2D eigenvalue weighted by atomic mass is 10.2. The molecule has 0 amide bonds. The Morgan fingerprint density at radius 2 is 1.92 bits per heavy atom. The SMILES string of the molecule is CC1CN(c2ccc(NS(=O)(=O)Cc3ccccc3Cl)cc2)CCO1. The van der Waals surface area contributed by atoms with E-state index in [1.54, 1.807) is 36.4 Å². The van der Waals surface area contributed by atoms with E-state index in [9.17, 15) is 8.42 Å². The Balaban J connectivity index is 1.67. The number of sulfonamides is 1. The summed E-state index contributed by atoms with van der Waals surface area (Å²) < 4.78 is 32.9. The van der Waals surface area contributed by atoms with Gasteiger partial charge in [0.2, 0.25) is 10.0 Å². The predicted molar refractivity (Wildman–Crippen MR) is 102 cm³/mol. The van der Waals surface area contributed by atoms with Crippen LogP contribution >= 0.6 is 11.6 Å². The lowest BCUT2D eigenvalue weighted by Gasteiger charge is -2.33. The summed E-state index contributed by atoms with van der Waals surface area (Å²) in [6.45, 7) is 4.41. The van der Waals surface area contributed by atoms with E-state index in [1.807, 2.05) is 19.1 Å². The van der Waals surface area contributed by atoms with Gasteiger partial charge in [-0.1, -0.05) is 29.8 Å². The maximum Gasteiger partial charge on any atom is 0.236 e. The molecule has 5 nitrogen and oxygen atoms in total. The number of nitrogens with zero attached hydrogens (tertiary/aromatic N) is 1.